The zero-order chi connectivity index (χ0) is 20.2. The fourth-order valence-corrected chi connectivity index (χ4v) is 3.22. The number of rotatable bonds is 12. The Bertz CT molecular complexity index is 710. The minimum Gasteiger partial charge on any atom is -0.378 e. The molecule has 8 nitrogen and oxygen atoms in total. The number of hydrogen-bond donors (Lipinski definition) is 2. The first-order valence-electron chi connectivity index (χ1n) is 10.5. The summed E-state index contributed by atoms with van der Waals surface area (Å²) >= 11 is 0. The van der Waals surface area contributed by atoms with Crippen molar-refractivity contribution in [3.63, 3.8) is 0 Å². The van der Waals surface area contributed by atoms with Gasteiger partial charge in [0.15, 0.2) is 0 Å². The molecule has 0 spiro atoms. The van der Waals surface area contributed by atoms with Gasteiger partial charge in [0.25, 0.3) is 0 Å². The fourth-order valence-electron chi connectivity index (χ4n) is 3.22. The molecule has 8 heteroatoms. The highest BCUT2D eigenvalue weighted by molar-refractivity contribution is 5.38. The average Bonchev–Trinajstić information content (AvgIpc) is 2.77. The molecule has 0 unspecified atom stereocenters. The van der Waals surface area contributed by atoms with Crippen LogP contribution in [-0.2, 0) is 15.9 Å². The number of anilines is 2. The van der Waals surface area contributed by atoms with E-state index in [4.69, 9.17) is 20.2 Å². The van der Waals surface area contributed by atoms with Crippen LogP contribution < -0.4 is 16.0 Å². The molecule has 1 aliphatic heterocycles. The highest BCUT2D eigenvalue weighted by Gasteiger charge is 2.16. The van der Waals surface area contributed by atoms with E-state index >= 15 is 0 Å². The summed E-state index contributed by atoms with van der Waals surface area (Å²) in [4.78, 5) is 16.3. The first-order chi connectivity index (χ1) is 14.3. The lowest BCUT2D eigenvalue weighted by atomic mass is 10.1. The van der Waals surface area contributed by atoms with Gasteiger partial charge in [-0.1, -0.05) is 30.3 Å². The predicted octanol–water partition coefficient (Wildman–Crippen LogP) is 1.86. The van der Waals surface area contributed by atoms with Crippen LogP contribution in [0.25, 0.3) is 0 Å². The minimum atomic E-state index is 0.533. The van der Waals surface area contributed by atoms with E-state index < -0.39 is 0 Å². The van der Waals surface area contributed by atoms with Gasteiger partial charge in [0, 0.05) is 32.6 Å². The van der Waals surface area contributed by atoms with E-state index in [1.165, 1.54) is 24.8 Å². The Morgan fingerprint density at radius 2 is 1.66 bits per heavy atom. The molecule has 0 aliphatic carbocycles. The molecule has 29 heavy (non-hydrogen) atoms. The second-order valence-corrected chi connectivity index (χ2v) is 7.03. The number of aromatic nitrogens is 3. The van der Waals surface area contributed by atoms with E-state index in [0.29, 0.717) is 51.9 Å². The van der Waals surface area contributed by atoms with Crippen molar-refractivity contribution >= 4 is 11.9 Å². The predicted molar refractivity (Wildman–Crippen MR) is 114 cm³/mol. The third kappa shape index (κ3) is 7.56. The number of benzene rings is 1. The third-order valence-corrected chi connectivity index (χ3v) is 4.68. The van der Waals surface area contributed by atoms with E-state index in [0.717, 1.165) is 24.9 Å². The standard InChI is InChI=1S/C21H32N6O2/c22-9-13-28-15-16-29-14-10-23-20-24-19(17-18-7-3-1-4-8-18)25-21(26-20)27-11-5-2-6-12-27/h1,3-4,7-8H,2,5-6,9-17,22H2,(H,23,24,25,26). The zero-order valence-corrected chi connectivity index (χ0v) is 17.1. The van der Waals surface area contributed by atoms with Crippen LogP contribution in [0.1, 0.15) is 30.7 Å². The molecule has 1 aliphatic rings. The van der Waals surface area contributed by atoms with Crippen LogP contribution in [0.2, 0.25) is 0 Å². The Labute approximate surface area is 172 Å². The Hall–Kier alpha value is -2.29. The minimum absolute atomic E-state index is 0.533. The summed E-state index contributed by atoms with van der Waals surface area (Å²) in [5, 5.41) is 3.28. The van der Waals surface area contributed by atoms with Gasteiger partial charge in [0.05, 0.1) is 26.4 Å². The van der Waals surface area contributed by atoms with Crippen molar-refractivity contribution in [3.8, 4) is 0 Å². The summed E-state index contributed by atoms with van der Waals surface area (Å²) in [5.41, 5.74) is 6.57. The molecule has 0 radical (unpaired) electrons. The second kappa shape index (κ2) is 12.3. The van der Waals surface area contributed by atoms with Crippen LogP contribution in [0.4, 0.5) is 11.9 Å². The van der Waals surface area contributed by atoms with Gasteiger partial charge in [-0.25, -0.2) is 0 Å². The first-order valence-corrected chi connectivity index (χ1v) is 10.5. The summed E-state index contributed by atoms with van der Waals surface area (Å²) in [7, 11) is 0. The van der Waals surface area contributed by atoms with Crippen LogP contribution in [0.5, 0.6) is 0 Å². The molecule has 3 rings (SSSR count). The van der Waals surface area contributed by atoms with Gasteiger partial charge in [-0.15, -0.1) is 0 Å². The van der Waals surface area contributed by atoms with E-state index in [1.807, 2.05) is 18.2 Å². The van der Waals surface area contributed by atoms with E-state index in [-0.39, 0.29) is 0 Å². The molecular formula is C21H32N6O2. The van der Waals surface area contributed by atoms with Gasteiger partial charge in [0.1, 0.15) is 5.82 Å². The fraction of sp³-hybridized carbons (Fsp3) is 0.571. The Kier molecular flexibility index (Phi) is 9.09. The van der Waals surface area contributed by atoms with E-state index in [2.05, 4.69) is 32.3 Å². The lowest BCUT2D eigenvalue weighted by molar-refractivity contribution is 0.0547. The van der Waals surface area contributed by atoms with Crippen molar-refractivity contribution < 1.29 is 9.47 Å². The smallest absolute Gasteiger partial charge is 0.230 e. The maximum Gasteiger partial charge on any atom is 0.230 e. The molecule has 0 saturated carbocycles. The SMILES string of the molecule is NCCOCCOCCNc1nc(Cc2ccccc2)nc(N2CCCCC2)n1. The molecule has 2 aromatic rings. The molecule has 0 atom stereocenters. The summed E-state index contributed by atoms with van der Waals surface area (Å²) in [6, 6.07) is 10.3. The van der Waals surface area contributed by atoms with Crippen LogP contribution in [0.3, 0.4) is 0 Å². The molecule has 1 fully saturated rings. The van der Waals surface area contributed by atoms with Crippen molar-refractivity contribution in [2.45, 2.75) is 25.7 Å². The highest BCUT2D eigenvalue weighted by atomic mass is 16.5. The molecular weight excluding hydrogens is 368 g/mol. The lowest BCUT2D eigenvalue weighted by Gasteiger charge is -2.27. The van der Waals surface area contributed by atoms with Crippen molar-refractivity contribution in [3.05, 3.63) is 41.7 Å². The molecule has 1 saturated heterocycles. The molecule has 0 bridgehead atoms. The maximum atomic E-state index is 5.56. The topological polar surface area (TPSA) is 98.4 Å². The summed E-state index contributed by atoms with van der Waals surface area (Å²) in [6.45, 7) is 5.40. The monoisotopic (exact) mass is 400 g/mol. The quantitative estimate of drug-likeness (QED) is 0.521. The van der Waals surface area contributed by atoms with Gasteiger partial charge < -0.3 is 25.4 Å². The summed E-state index contributed by atoms with van der Waals surface area (Å²) in [5.74, 6) is 2.16. The molecule has 3 N–H and O–H groups in total. The van der Waals surface area contributed by atoms with E-state index in [1.54, 1.807) is 0 Å². The Morgan fingerprint density at radius 1 is 0.897 bits per heavy atom. The van der Waals surface area contributed by atoms with Gasteiger partial charge in [-0.2, -0.15) is 15.0 Å². The van der Waals surface area contributed by atoms with Gasteiger partial charge in [0.2, 0.25) is 11.9 Å². The number of piperidine rings is 1. The van der Waals surface area contributed by atoms with Gasteiger partial charge in [-0.05, 0) is 24.8 Å². The van der Waals surface area contributed by atoms with Crippen molar-refractivity contribution in [1.82, 2.24) is 15.0 Å². The van der Waals surface area contributed by atoms with Crippen LogP contribution >= 0.6 is 0 Å². The summed E-state index contributed by atoms with van der Waals surface area (Å²) in [6.07, 6.45) is 4.33. The highest BCUT2D eigenvalue weighted by Crippen LogP contribution is 2.18. The first kappa shape index (κ1) is 21.4. The van der Waals surface area contributed by atoms with Crippen LogP contribution in [-0.4, -0.2) is 67.6 Å². The molecule has 1 aromatic heterocycles. The third-order valence-electron chi connectivity index (χ3n) is 4.68. The lowest BCUT2D eigenvalue weighted by Crippen LogP contribution is -2.31. The van der Waals surface area contributed by atoms with Crippen LogP contribution in [0, 0.1) is 0 Å². The van der Waals surface area contributed by atoms with E-state index in [9.17, 15) is 0 Å². The normalized spacial score (nSPS) is 14.2. The van der Waals surface area contributed by atoms with Crippen molar-refractivity contribution in [1.29, 1.82) is 0 Å². The van der Waals surface area contributed by atoms with Crippen LogP contribution in [0.15, 0.2) is 30.3 Å². The number of nitrogens with zero attached hydrogens (tertiary/aromatic N) is 4. The number of hydrogen-bond acceptors (Lipinski definition) is 8. The molecule has 1 aromatic carbocycles. The molecule has 2 heterocycles. The number of ether oxygens (including phenoxy) is 2. The van der Waals surface area contributed by atoms with Gasteiger partial charge in [-0.3, -0.25) is 0 Å². The van der Waals surface area contributed by atoms with Crippen molar-refractivity contribution in [2.24, 2.45) is 5.73 Å². The molecule has 0 amide bonds. The van der Waals surface area contributed by atoms with Gasteiger partial charge >= 0.3 is 0 Å². The Balaban J connectivity index is 1.58. The maximum absolute atomic E-state index is 5.56. The summed E-state index contributed by atoms with van der Waals surface area (Å²) < 4.78 is 10.9. The second-order valence-electron chi connectivity index (χ2n) is 7.03. The Morgan fingerprint density at radius 3 is 2.41 bits per heavy atom. The average molecular weight is 401 g/mol. The number of nitrogens with one attached hydrogen (secondary N) is 1. The van der Waals surface area contributed by atoms with Crippen molar-refractivity contribution in [2.75, 3.05) is 62.8 Å². The molecule has 158 valence electrons. The largest absolute Gasteiger partial charge is 0.378 e. The number of nitrogens with two attached hydrogens (primary N) is 1. The zero-order valence-electron chi connectivity index (χ0n) is 17.1.